The van der Waals surface area contributed by atoms with E-state index in [-0.39, 0.29) is 41.6 Å². The van der Waals surface area contributed by atoms with Gasteiger partial charge in [-0.15, -0.1) is 0 Å². The molecule has 0 radical (unpaired) electrons. The first-order valence-electron chi connectivity index (χ1n) is 11.7. The van der Waals surface area contributed by atoms with Crippen molar-refractivity contribution in [2.75, 3.05) is 11.5 Å². The van der Waals surface area contributed by atoms with Crippen molar-refractivity contribution in [3.05, 3.63) is 63.9 Å². The van der Waals surface area contributed by atoms with Gasteiger partial charge >= 0.3 is 0 Å². The molecule has 1 aliphatic heterocycles. The van der Waals surface area contributed by atoms with Crippen LogP contribution in [0.5, 0.6) is 0 Å². The predicted molar refractivity (Wildman–Crippen MR) is 135 cm³/mol. The van der Waals surface area contributed by atoms with Gasteiger partial charge in [-0.2, -0.15) is 5.10 Å². The van der Waals surface area contributed by atoms with E-state index >= 15 is 0 Å². The lowest BCUT2D eigenvalue weighted by atomic mass is 9.99. The molecule has 2 aromatic carbocycles. The number of aryl methyl sites for hydroxylation is 2. The Morgan fingerprint density at radius 2 is 1.88 bits per heavy atom. The molecular formula is C26H31N3O4S. The summed E-state index contributed by atoms with van der Waals surface area (Å²) < 4.78 is 25.4. The Bertz CT molecular complexity index is 1410. The molecule has 1 saturated heterocycles. The minimum absolute atomic E-state index is 0.0309. The van der Waals surface area contributed by atoms with Crippen LogP contribution in [0.3, 0.4) is 0 Å². The highest BCUT2D eigenvalue weighted by atomic mass is 32.2. The van der Waals surface area contributed by atoms with Crippen LogP contribution in [0.15, 0.2) is 47.3 Å². The first-order chi connectivity index (χ1) is 16.1. The van der Waals surface area contributed by atoms with E-state index in [2.05, 4.69) is 5.10 Å². The van der Waals surface area contributed by atoms with Gasteiger partial charge in [-0.25, -0.2) is 13.1 Å². The van der Waals surface area contributed by atoms with Crippen molar-refractivity contribution in [3.8, 4) is 11.3 Å². The molecule has 2 atom stereocenters. The number of aromatic nitrogens is 2. The molecule has 180 valence electrons. The van der Waals surface area contributed by atoms with Crippen molar-refractivity contribution in [1.29, 1.82) is 0 Å². The fourth-order valence-electron chi connectivity index (χ4n) is 4.74. The Kier molecular flexibility index (Phi) is 6.62. The van der Waals surface area contributed by atoms with Crippen LogP contribution in [0, 0.1) is 13.8 Å². The van der Waals surface area contributed by atoms with Gasteiger partial charge in [0.25, 0.3) is 5.56 Å². The summed E-state index contributed by atoms with van der Waals surface area (Å²) in [5.74, 6) is -0.229. The van der Waals surface area contributed by atoms with E-state index in [1.807, 2.05) is 58.0 Å². The molecule has 0 N–H and O–H groups in total. The van der Waals surface area contributed by atoms with Crippen molar-refractivity contribution in [2.45, 2.75) is 59.2 Å². The van der Waals surface area contributed by atoms with Crippen LogP contribution < -0.4 is 5.56 Å². The molecule has 1 aromatic heterocycles. The summed E-state index contributed by atoms with van der Waals surface area (Å²) in [6.07, 6.45) is 1.11. The molecule has 1 aliphatic rings. The maximum absolute atomic E-state index is 13.5. The Morgan fingerprint density at radius 3 is 2.53 bits per heavy atom. The number of hydrogen-bond acceptors (Lipinski definition) is 5. The minimum atomic E-state index is -3.16. The largest absolute Gasteiger partial charge is 0.334 e. The smallest absolute Gasteiger partial charge is 0.275 e. The van der Waals surface area contributed by atoms with Crippen LogP contribution in [0.2, 0.25) is 0 Å². The van der Waals surface area contributed by atoms with Crippen molar-refractivity contribution < 1.29 is 13.2 Å². The zero-order valence-electron chi connectivity index (χ0n) is 20.1. The number of carbonyl (C=O) groups is 1. The van der Waals surface area contributed by atoms with Gasteiger partial charge in [-0.05, 0) is 51.3 Å². The molecule has 1 amide bonds. The topological polar surface area (TPSA) is 89.3 Å². The van der Waals surface area contributed by atoms with E-state index in [9.17, 15) is 18.0 Å². The molecule has 0 bridgehead atoms. The second-order valence-corrected chi connectivity index (χ2v) is 11.5. The zero-order valence-corrected chi connectivity index (χ0v) is 20.9. The predicted octanol–water partition coefficient (Wildman–Crippen LogP) is 3.49. The van der Waals surface area contributed by atoms with Crippen molar-refractivity contribution in [2.24, 2.45) is 0 Å². The number of benzene rings is 2. The number of rotatable bonds is 6. The Balaban J connectivity index is 1.80. The average Bonchev–Trinajstić information content (AvgIpc) is 3.16. The second-order valence-electron chi connectivity index (χ2n) is 9.29. The highest BCUT2D eigenvalue weighted by Gasteiger charge is 2.36. The Labute approximate surface area is 200 Å². The molecule has 2 heterocycles. The number of hydrogen-bond donors (Lipinski definition) is 0. The number of carbonyl (C=O) groups excluding carboxylic acids is 1. The SMILES string of the molecule is CC[C@H](C)N(C(=O)Cn1nc(-c2cc(C)ccc2C)c2ccccc2c1=O)[C@@H]1CCS(=O)(=O)C1. The molecule has 0 unspecified atom stereocenters. The summed E-state index contributed by atoms with van der Waals surface area (Å²) in [5, 5.41) is 5.91. The van der Waals surface area contributed by atoms with Gasteiger partial charge < -0.3 is 4.90 Å². The van der Waals surface area contributed by atoms with Gasteiger partial charge in [0.15, 0.2) is 9.84 Å². The molecule has 7 nitrogen and oxygen atoms in total. The summed E-state index contributed by atoms with van der Waals surface area (Å²) >= 11 is 0. The normalized spacial score (nSPS) is 18.2. The standard InChI is InChI=1S/C26H31N3O4S/c1-5-19(4)29(20-12-13-34(32,33)16-20)24(30)15-28-26(31)22-9-7-6-8-21(22)25(27-28)23-14-17(2)10-11-18(23)3/h6-11,14,19-20H,5,12-13,15-16H2,1-4H3/t19-,20+/m0/s1. The van der Waals surface area contributed by atoms with Gasteiger partial charge in [0, 0.05) is 23.0 Å². The summed E-state index contributed by atoms with van der Waals surface area (Å²) in [6.45, 7) is 7.65. The van der Waals surface area contributed by atoms with E-state index in [1.165, 1.54) is 4.68 Å². The number of fused-ring (bicyclic) bond motifs is 1. The van der Waals surface area contributed by atoms with Crippen LogP contribution in [-0.2, 0) is 21.2 Å². The Morgan fingerprint density at radius 1 is 1.18 bits per heavy atom. The third-order valence-corrected chi connectivity index (χ3v) is 8.51. The lowest BCUT2D eigenvalue weighted by molar-refractivity contribution is -0.136. The van der Waals surface area contributed by atoms with Gasteiger partial charge in [-0.3, -0.25) is 9.59 Å². The van der Waals surface area contributed by atoms with Crippen molar-refractivity contribution in [3.63, 3.8) is 0 Å². The van der Waals surface area contributed by atoms with Crippen molar-refractivity contribution >= 4 is 26.5 Å². The quantitative estimate of drug-likeness (QED) is 0.538. The van der Waals surface area contributed by atoms with E-state index in [0.29, 0.717) is 23.9 Å². The summed E-state index contributed by atoms with van der Waals surface area (Å²) in [7, 11) is -3.16. The lowest BCUT2D eigenvalue weighted by Crippen LogP contribution is -2.48. The van der Waals surface area contributed by atoms with E-state index in [4.69, 9.17) is 0 Å². The van der Waals surface area contributed by atoms with Crippen LogP contribution in [0.4, 0.5) is 0 Å². The van der Waals surface area contributed by atoms with Gasteiger partial charge in [0.05, 0.1) is 22.6 Å². The van der Waals surface area contributed by atoms with E-state index in [0.717, 1.165) is 22.1 Å². The third kappa shape index (κ3) is 4.64. The fraction of sp³-hybridized carbons (Fsp3) is 0.423. The van der Waals surface area contributed by atoms with Crippen molar-refractivity contribution in [1.82, 2.24) is 14.7 Å². The maximum atomic E-state index is 13.5. The molecule has 0 aliphatic carbocycles. The first-order valence-corrected chi connectivity index (χ1v) is 13.5. The van der Waals surface area contributed by atoms with Gasteiger partial charge in [0.2, 0.25) is 5.91 Å². The molecular weight excluding hydrogens is 450 g/mol. The van der Waals surface area contributed by atoms with E-state index < -0.39 is 9.84 Å². The van der Waals surface area contributed by atoms with Gasteiger partial charge in [-0.1, -0.05) is 42.8 Å². The molecule has 8 heteroatoms. The van der Waals surface area contributed by atoms with Crippen LogP contribution >= 0.6 is 0 Å². The second kappa shape index (κ2) is 9.33. The lowest BCUT2D eigenvalue weighted by Gasteiger charge is -2.33. The van der Waals surface area contributed by atoms with Crippen LogP contribution in [0.1, 0.15) is 37.8 Å². The van der Waals surface area contributed by atoms with Crippen LogP contribution in [-0.4, -0.2) is 52.6 Å². The molecule has 1 fully saturated rings. The summed E-state index contributed by atoms with van der Waals surface area (Å²) in [5.41, 5.74) is 3.34. The Hall–Kier alpha value is -3.00. The summed E-state index contributed by atoms with van der Waals surface area (Å²) in [6, 6.07) is 12.9. The fourth-order valence-corrected chi connectivity index (χ4v) is 6.45. The summed E-state index contributed by atoms with van der Waals surface area (Å²) in [4.78, 5) is 28.5. The van der Waals surface area contributed by atoms with Crippen LogP contribution in [0.25, 0.3) is 22.0 Å². The molecule has 3 aromatic rings. The minimum Gasteiger partial charge on any atom is -0.334 e. The number of sulfone groups is 1. The molecule has 0 spiro atoms. The first kappa shape index (κ1) is 24.1. The zero-order chi connectivity index (χ0) is 24.6. The number of amides is 1. The average molecular weight is 482 g/mol. The number of nitrogens with zero attached hydrogens (tertiary/aromatic N) is 3. The molecule has 34 heavy (non-hydrogen) atoms. The van der Waals surface area contributed by atoms with E-state index in [1.54, 1.807) is 17.0 Å². The monoisotopic (exact) mass is 481 g/mol. The molecule has 4 rings (SSSR count). The highest BCUT2D eigenvalue weighted by Crippen LogP contribution is 2.28. The third-order valence-electron chi connectivity index (χ3n) is 6.76. The highest BCUT2D eigenvalue weighted by molar-refractivity contribution is 7.91. The maximum Gasteiger partial charge on any atom is 0.275 e. The molecule has 0 saturated carbocycles. The van der Waals surface area contributed by atoms with Gasteiger partial charge in [0.1, 0.15) is 6.54 Å².